The monoisotopic (exact) mass is 289 g/mol. The summed E-state index contributed by atoms with van der Waals surface area (Å²) in [7, 11) is 0. The Bertz CT molecular complexity index is 329. The maximum Gasteiger partial charge on any atom is 0.251 e. The number of hydrogen-bond donors (Lipinski definition) is 1. The summed E-state index contributed by atoms with van der Waals surface area (Å²) in [5.74, 6) is -0.570. The van der Waals surface area contributed by atoms with Crippen molar-refractivity contribution in [2.75, 3.05) is 25.1 Å². The lowest BCUT2D eigenvalue weighted by molar-refractivity contribution is 0.0924. The van der Waals surface area contributed by atoms with Gasteiger partial charge in [-0.1, -0.05) is 15.9 Å². The third kappa shape index (κ3) is 4.72. The van der Waals surface area contributed by atoms with E-state index in [1.807, 2.05) is 0 Å². The largest absolute Gasteiger partial charge is 0.379 e. The van der Waals surface area contributed by atoms with Crippen molar-refractivity contribution in [3.63, 3.8) is 0 Å². The lowest BCUT2D eigenvalue weighted by atomic mass is 10.2. The van der Waals surface area contributed by atoms with Gasteiger partial charge in [0.15, 0.2) is 0 Å². The third-order valence-electron chi connectivity index (χ3n) is 1.86. The molecule has 88 valence electrons. The minimum Gasteiger partial charge on any atom is -0.379 e. The lowest BCUT2D eigenvalue weighted by Gasteiger charge is -2.05. The summed E-state index contributed by atoms with van der Waals surface area (Å²) in [5, 5.41) is 3.45. The molecule has 0 unspecified atom stereocenters. The number of carbonyl (C=O) groups excluding carboxylic acids is 1. The average Bonchev–Trinajstić information content (AvgIpc) is 2.29. The van der Waals surface area contributed by atoms with Gasteiger partial charge in [0, 0.05) is 17.4 Å². The van der Waals surface area contributed by atoms with E-state index in [0.717, 1.165) is 5.33 Å². The van der Waals surface area contributed by atoms with E-state index < -0.39 is 0 Å². The maximum atomic E-state index is 12.6. The molecule has 0 atom stereocenters. The van der Waals surface area contributed by atoms with Crippen molar-refractivity contribution in [2.45, 2.75) is 0 Å². The fourth-order valence-electron chi connectivity index (χ4n) is 1.10. The summed E-state index contributed by atoms with van der Waals surface area (Å²) in [4.78, 5) is 11.5. The van der Waals surface area contributed by atoms with Gasteiger partial charge in [-0.05, 0) is 24.3 Å². The van der Waals surface area contributed by atoms with Crippen LogP contribution in [0.5, 0.6) is 0 Å². The van der Waals surface area contributed by atoms with E-state index in [4.69, 9.17) is 4.74 Å². The second kappa shape index (κ2) is 7.35. The number of rotatable bonds is 6. The molecule has 0 aliphatic heterocycles. The second-order valence-electron chi connectivity index (χ2n) is 3.06. The van der Waals surface area contributed by atoms with Gasteiger partial charge in [-0.25, -0.2) is 4.39 Å². The zero-order chi connectivity index (χ0) is 11.8. The Kier molecular flexibility index (Phi) is 6.03. The minimum absolute atomic E-state index is 0.220. The van der Waals surface area contributed by atoms with Crippen molar-refractivity contribution in [1.29, 1.82) is 0 Å². The number of benzene rings is 1. The third-order valence-corrected chi connectivity index (χ3v) is 2.18. The van der Waals surface area contributed by atoms with Crippen LogP contribution in [-0.2, 0) is 4.74 Å². The van der Waals surface area contributed by atoms with Gasteiger partial charge in [-0.15, -0.1) is 0 Å². The van der Waals surface area contributed by atoms with Crippen molar-refractivity contribution in [3.05, 3.63) is 35.6 Å². The summed E-state index contributed by atoms with van der Waals surface area (Å²) >= 11 is 3.23. The molecule has 0 aliphatic carbocycles. The number of carbonyl (C=O) groups is 1. The fraction of sp³-hybridized carbons (Fsp3) is 0.364. The SMILES string of the molecule is O=C(NCCOCCBr)c1ccc(F)cc1. The molecule has 1 aromatic rings. The Hall–Kier alpha value is -0.940. The van der Waals surface area contributed by atoms with Gasteiger partial charge in [0.2, 0.25) is 0 Å². The van der Waals surface area contributed by atoms with Gasteiger partial charge in [0.1, 0.15) is 5.82 Å². The van der Waals surface area contributed by atoms with Gasteiger partial charge < -0.3 is 10.1 Å². The lowest BCUT2D eigenvalue weighted by Crippen LogP contribution is -2.27. The minimum atomic E-state index is -0.350. The number of halogens is 2. The molecular formula is C11H13BrFNO2. The first kappa shape index (κ1) is 13.1. The molecule has 0 fully saturated rings. The van der Waals surface area contributed by atoms with Gasteiger partial charge in [-0.2, -0.15) is 0 Å². The predicted octanol–water partition coefficient (Wildman–Crippen LogP) is 1.97. The molecule has 0 spiro atoms. The predicted molar refractivity (Wildman–Crippen MR) is 63.3 cm³/mol. The summed E-state index contributed by atoms with van der Waals surface area (Å²) in [6.07, 6.45) is 0. The highest BCUT2D eigenvalue weighted by molar-refractivity contribution is 9.09. The van der Waals surface area contributed by atoms with E-state index >= 15 is 0 Å². The first-order valence-corrected chi connectivity index (χ1v) is 6.03. The van der Waals surface area contributed by atoms with Crippen LogP contribution < -0.4 is 5.32 Å². The number of ether oxygens (including phenoxy) is 1. The van der Waals surface area contributed by atoms with Crippen LogP contribution in [0.2, 0.25) is 0 Å². The molecule has 5 heteroatoms. The van der Waals surface area contributed by atoms with Crippen LogP contribution in [0.1, 0.15) is 10.4 Å². The quantitative estimate of drug-likeness (QED) is 0.642. The van der Waals surface area contributed by atoms with E-state index in [1.165, 1.54) is 24.3 Å². The topological polar surface area (TPSA) is 38.3 Å². The first-order chi connectivity index (χ1) is 7.74. The Balaban J connectivity index is 2.27. The van der Waals surface area contributed by atoms with Gasteiger partial charge in [-0.3, -0.25) is 4.79 Å². The molecule has 0 saturated carbocycles. The number of alkyl halides is 1. The van der Waals surface area contributed by atoms with Crippen molar-refractivity contribution in [2.24, 2.45) is 0 Å². The Morgan fingerprint density at radius 1 is 1.31 bits per heavy atom. The smallest absolute Gasteiger partial charge is 0.251 e. The number of hydrogen-bond acceptors (Lipinski definition) is 2. The first-order valence-electron chi connectivity index (χ1n) is 4.91. The zero-order valence-corrected chi connectivity index (χ0v) is 10.3. The molecule has 0 bridgehead atoms. The van der Waals surface area contributed by atoms with Crippen LogP contribution in [0.15, 0.2) is 24.3 Å². The van der Waals surface area contributed by atoms with Gasteiger partial charge in [0.25, 0.3) is 5.91 Å². The number of amides is 1. The van der Waals surface area contributed by atoms with Crippen LogP contribution in [0.25, 0.3) is 0 Å². The van der Waals surface area contributed by atoms with Crippen LogP contribution in [0.3, 0.4) is 0 Å². The van der Waals surface area contributed by atoms with E-state index in [-0.39, 0.29) is 11.7 Å². The summed E-state index contributed by atoms with van der Waals surface area (Å²) in [6.45, 7) is 1.54. The van der Waals surface area contributed by atoms with Crippen LogP contribution in [-0.4, -0.2) is 31.0 Å². The molecule has 0 aliphatic rings. The molecule has 1 N–H and O–H groups in total. The molecule has 0 aromatic heterocycles. The highest BCUT2D eigenvalue weighted by atomic mass is 79.9. The van der Waals surface area contributed by atoms with Crippen LogP contribution in [0, 0.1) is 5.82 Å². The highest BCUT2D eigenvalue weighted by Crippen LogP contribution is 2.01. The van der Waals surface area contributed by atoms with E-state index in [9.17, 15) is 9.18 Å². The summed E-state index contributed by atoms with van der Waals surface area (Å²) in [5.41, 5.74) is 0.446. The molecule has 3 nitrogen and oxygen atoms in total. The number of nitrogens with one attached hydrogen (secondary N) is 1. The van der Waals surface area contributed by atoms with Crippen molar-refractivity contribution in [3.8, 4) is 0 Å². The maximum absolute atomic E-state index is 12.6. The normalized spacial score (nSPS) is 10.1. The molecular weight excluding hydrogens is 277 g/mol. The van der Waals surface area contributed by atoms with E-state index in [2.05, 4.69) is 21.2 Å². The Morgan fingerprint density at radius 2 is 2.00 bits per heavy atom. The molecule has 16 heavy (non-hydrogen) atoms. The molecule has 1 aromatic carbocycles. The standard InChI is InChI=1S/C11H13BrFNO2/c12-5-7-16-8-6-14-11(15)9-1-3-10(13)4-2-9/h1-4H,5-8H2,(H,14,15). The van der Waals surface area contributed by atoms with Gasteiger partial charge >= 0.3 is 0 Å². The molecule has 0 radical (unpaired) electrons. The molecule has 1 amide bonds. The molecule has 0 heterocycles. The van der Waals surface area contributed by atoms with Gasteiger partial charge in [0.05, 0.1) is 13.2 Å². The van der Waals surface area contributed by atoms with Crippen molar-refractivity contribution < 1.29 is 13.9 Å². The molecule has 0 saturated heterocycles. The molecule has 1 rings (SSSR count). The van der Waals surface area contributed by atoms with E-state index in [1.54, 1.807) is 0 Å². The van der Waals surface area contributed by atoms with Crippen LogP contribution in [0.4, 0.5) is 4.39 Å². The second-order valence-corrected chi connectivity index (χ2v) is 3.86. The van der Waals surface area contributed by atoms with Crippen molar-refractivity contribution >= 4 is 21.8 Å². The Labute approximate surface area is 102 Å². The van der Waals surface area contributed by atoms with E-state index in [0.29, 0.717) is 25.3 Å². The summed E-state index contributed by atoms with van der Waals surface area (Å²) < 4.78 is 17.8. The zero-order valence-electron chi connectivity index (χ0n) is 8.71. The fourth-order valence-corrected chi connectivity index (χ4v) is 1.33. The highest BCUT2D eigenvalue weighted by Gasteiger charge is 2.03. The average molecular weight is 290 g/mol. The Morgan fingerprint density at radius 3 is 2.62 bits per heavy atom. The van der Waals surface area contributed by atoms with Crippen LogP contribution >= 0.6 is 15.9 Å². The van der Waals surface area contributed by atoms with Crippen molar-refractivity contribution in [1.82, 2.24) is 5.32 Å². The summed E-state index contributed by atoms with van der Waals surface area (Å²) in [6, 6.07) is 5.42.